The monoisotopic (exact) mass is 2020 g/mol. The molecular formula is C111H163B2BrN4O7S8. The van der Waals surface area contributed by atoms with Gasteiger partial charge >= 0.3 is 14.2 Å². The Morgan fingerprint density at radius 1 is 0.293 bits per heavy atom. The lowest BCUT2D eigenvalue weighted by Crippen LogP contribution is -2.41. The van der Waals surface area contributed by atoms with Gasteiger partial charge in [-0.3, -0.25) is 0 Å². The van der Waals surface area contributed by atoms with Crippen LogP contribution in [-0.4, -0.2) is 54.1 Å². The second-order valence-electron chi connectivity index (χ2n) is 45.9. The van der Waals surface area contributed by atoms with Crippen molar-refractivity contribution in [2.24, 2.45) is 71.0 Å². The molecule has 11 nitrogen and oxygen atoms in total. The van der Waals surface area contributed by atoms with Crippen LogP contribution in [0.25, 0.3) is 72.2 Å². The van der Waals surface area contributed by atoms with Gasteiger partial charge < -0.3 is 32.8 Å². The Labute approximate surface area is 845 Å². The van der Waals surface area contributed by atoms with Crippen molar-refractivity contribution in [1.29, 1.82) is 0 Å². The highest BCUT2D eigenvalue weighted by Crippen LogP contribution is 2.61. The standard InChI is InChI=1S/C64H92N2O2S5.C29H45BrOS2.C18H26B2N2O4S/c1-41(2)17-13-21-45(9)27-33-63(34-28-46(10)22-14-18-42(3)4)51-39-55(71-59(51)61-53(67-63)31-37-69-61)49-25-26-50(58-57(49)65-73-66-58)56-40-52-60(72-56)62-54(32-38-70-62)68-64(52,35-29-47(11)23-15-19-43(5)6)36-30-48(12)24-16-20-44(7)8;1-20(2)9-7-11-22(5)13-16-29(17-14-23(6)12-8-10-21(3)4)24-19-26(30)33-27(24)28-25(31-29)15-18-32-28;1-15(2)16(3,4)24-19(23-15)11-9-10-12(14-13(11)21-27-22-14)20-25-17(5,6)18(7,8)26-20/h25-26,31-32,37-48H,13-24,27-30,33-36H2,1-12H3;15,18-23H,7-14,16-17H2,1-6H3;9-10H,1-8H3. The smallest absolute Gasteiger partial charge is 0.481 e. The molecule has 5 aliphatic heterocycles. The molecule has 2 fully saturated rings. The van der Waals surface area contributed by atoms with E-state index in [0.717, 1.165) is 136 Å². The molecule has 5 aliphatic rings. The molecule has 0 spiro atoms. The number of ether oxygens (including phenoxy) is 3. The van der Waals surface area contributed by atoms with Gasteiger partial charge in [0.1, 0.15) is 56.1 Å². The molecule has 8 aromatic heterocycles. The maximum absolute atomic E-state index is 7.44. The van der Waals surface area contributed by atoms with E-state index in [9.17, 15) is 0 Å². The second-order valence-corrected chi connectivity index (χ2v) is 54.3. The summed E-state index contributed by atoms with van der Waals surface area (Å²) >= 11 is 17.6. The van der Waals surface area contributed by atoms with Crippen LogP contribution in [0.2, 0.25) is 0 Å². The maximum Gasteiger partial charge on any atom is 0.497 e. The number of hydrogen-bond donors (Lipinski definition) is 0. The Kier molecular flexibility index (Phi) is 37.2. The summed E-state index contributed by atoms with van der Waals surface area (Å²) in [6, 6.07) is 22.9. The highest BCUT2D eigenvalue weighted by molar-refractivity contribution is 9.11. The van der Waals surface area contributed by atoms with Crippen molar-refractivity contribution in [2.45, 2.75) is 412 Å². The summed E-state index contributed by atoms with van der Waals surface area (Å²) in [6.07, 6.45) is 37.3. The predicted octanol–water partition coefficient (Wildman–Crippen LogP) is 36.4. The van der Waals surface area contributed by atoms with Crippen molar-refractivity contribution < 1.29 is 32.8 Å². The topological polar surface area (TPSA) is 116 Å². The van der Waals surface area contributed by atoms with E-state index in [2.05, 4.69) is 214 Å². The van der Waals surface area contributed by atoms with E-state index in [0.29, 0.717) is 23.7 Å². The molecule has 0 bridgehead atoms. The third kappa shape index (κ3) is 26.2. The average Bonchev–Trinajstić information content (AvgIpc) is 1.58. The highest BCUT2D eigenvalue weighted by atomic mass is 79.9. The summed E-state index contributed by atoms with van der Waals surface area (Å²) in [5.41, 5.74) is 9.54. The van der Waals surface area contributed by atoms with Crippen LogP contribution in [0.4, 0.5) is 0 Å². The molecule has 2 aromatic carbocycles. The van der Waals surface area contributed by atoms with Gasteiger partial charge in [-0.2, -0.15) is 17.5 Å². The minimum absolute atomic E-state index is 0.176. The van der Waals surface area contributed by atoms with Gasteiger partial charge in [-0.05, 0) is 272 Å². The van der Waals surface area contributed by atoms with Gasteiger partial charge in [0.05, 0.1) is 78.9 Å². The third-order valence-electron chi connectivity index (χ3n) is 30.6. The minimum atomic E-state index is -0.478. The highest BCUT2D eigenvalue weighted by Gasteiger charge is 2.56. The van der Waals surface area contributed by atoms with Crippen molar-refractivity contribution in [3.8, 4) is 67.4 Å². The van der Waals surface area contributed by atoms with E-state index in [4.69, 9.17) is 41.6 Å². The molecule has 0 radical (unpaired) electrons. The van der Waals surface area contributed by atoms with Gasteiger partial charge in [0.25, 0.3) is 0 Å². The van der Waals surface area contributed by atoms with E-state index < -0.39 is 36.6 Å². The van der Waals surface area contributed by atoms with Crippen molar-refractivity contribution >= 4 is 155 Å². The zero-order chi connectivity index (χ0) is 95.7. The number of nitrogens with zero attached hydrogens (tertiary/aromatic N) is 4. The molecule has 13 heterocycles. The van der Waals surface area contributed by atoms with Crippen LogP contribution < -0.4 is 25.1 Å². The van der Waals surface area contributed by atoms with Crippen LogP contribution in [0.15, 0.2) is 80.6 Å². The number of thiophene rings is 6. The molecule has 730 valence electrons. The zero-order valence-corrected chi connectivity index (χ0v) is 94.2. The third-order valence-corrected chi connectivity index (χ3v) is 38.8. The number of fused-ring (bicyclic) bond motifs is 11. The van der Waals surface area contributed by atoms with Crippen molar-refractivity contribution in [2.75, 3.05) is 0 Å². The Morgan fingerprint density at radius 3 is 0.805 bits per heavy atom. The molecule has 0 N–H and O–H groups in total. The Morgan fingerprint density at radius 2 is 0.541 bits per heavy atom. The number of rotatable bonds is 46. The first kappa shape index (κ1) is 106. The first-order valence-corrected chi connectivity index (χ1v) is 59.0. The first-order chi connectivity index (χ1) is 63.1. The Bertz CT molecular complexity index is 4970. The van der Waals surface area contributed by atoms with Gasteiger partial charge in [0.15, 0.2) is 0 Å². The lowest BCUT2D eigenvalue weighted by atomic mass is 9.72. The number of aromatic nitrogens is 4. The molecule has 2 saturated heterocycles. The average molecular weight is 2020 g/mol. The normalized spacial score (nSPS) is 20.4. The largest absolute Gasteiger partial charge is 0.497 e. The van der Waals surface area contributed by atoms with Crippen LogP contribution in [-0.2, 0) is 35.4 Å². The summed E-state index contributed by atoms with van der Waals surface area (Å²) in [5.74, 6) is 12.1. The van der Waals surface area contributed by atoms with Crippen LogP contribution in [0.1, 0.15) is 389 Å². The fourth-order valence-electron chi connectivity index (χ4n) is 20.3. The van der Waals surface area contributed by atoms with Crippen LogP contribution in [0, 0.1) is 71.0 Å². The van der Waals surface area contributed by atoms with Gasteiger partial charge in [-0.1, -0.05) is 264 Å². The number of benzene rings is 2. The van der Waals surface area contributed by atoms with Gasteiger partial charge in [0.2, 0.25) is 0 Å². The quantitative estimate of drug-likeness (QED) is 0.0340. The van der Waals surface area contributed by atoms with Crippen LogP contribution in [0.3, 0.4) is 0 Å². The molecule has 22 heteroatoms. The van der Waals surface area contributed by atoms with Gasteiger partial charge in [-0.25, -0.2) is 0 Å². The lowest BCUT2D eigenvalue weighted by Gasteiger charge is -2.39. The molecule has 6 atom stereocenters. The molecular weight excluding hydrogens is 1860 g/mol. The summed E-state index contributed by atoms with van der Waals surface area (Å²) in [6.45, 7) is 59.4. The predicted molar refractivity (Wildman–Crippen MR) is 584 cm³/mol. The van der Waals surface area contributed by atoms with E-state index in [-0.39, 0.29) is 16.8 Å². The number of hydrogen-bond acceptors (Lipinski definition) is 19. The van der Waals surface area contributed by atoms with E-state index >= 15 is 0 Å². The summed E-state index contributed by atoms with van der Waals surface area (Å²) < 4.78 is 67.3. The van der Waals surface area contributed by atoms with E-state index in [1.807, 2.05) is 136 Å². The Hall–Kier alpha value is -3.87. The second kappa shape index (κ2) is 46.5. The first-order valence-electron chi connectivity index (χ1n) is 51.7. The molecule has 6 unspecified atom stereocenters. The van der Waals surface area contributed by atoms with Gasteiger partial charge in [0, 0.05) is 48.5 Å². The summed E-state index contributed by atoms with van der Waals surface area (Å²) in [5, 5.41) is 6.68. The zero-order valence-electron chi connectivity index (χ0n) is 86.1. The molecule has 0 aliphatic carbocycles. The van der Waals surface area contributed by atoms with Crippen molar-refractivity contribution in [3.63, 3.8) is 0 Å². The molecule has 133 heavy (non-hydrogen) atoms. The van der Waals surface area contributed by atoms with Crippen molar-refractivity contribution in [1.82, 2.24) is 17.5 Å². The Balaban J connectivity index is 0.000000204. The fraction of sp³-hybridized carbons (Fsp3) is 0.676. The summed E-state index contributed by atoms with van der Waals surface area (Å²) in [7, 11) is -0.956. The molecule has 0 amide bonds. The minimum Gasteiger partial charge on any atom is -0.481 e. The fourth-order valence-corrected chi connectivity index (χ4v) is 28.7. The van der Waals surface area contributed by atoms with Gasteiger partial charge in [-0.15, -0.1) is 68.0 Å². The molecule has 0 saturated carbocycles. The maximum atomic E-state index is 7.44. The van der Waals surface area contributed by atoms with Crippen LogP contribution >= 0.6 is 107 Å². The lowest BCUT2D eigenvalue weighted by molar-refractivity contribution is 0.00578. The molecule has 15 rings (SSSR count). The van der Waals surface area contributed by atoms with Crippen LogP contribution in [0.5, 0.6) is 17.2 Å². The van der Waals surface area contributed by atoms with E-state index in [1.54, 1.807) is 0 Å². The SMILES string of the molecule is CC(C)CCCC(C)CCC1(CCC(C)CCCC(C)C)Oc2ccsc2-c2sc(-c3ccc(-c4cc5c(s4)-c4sccc4OC5(CCC(C)CCCC(C)C)CCC(C)CCCC(C)C)c4nsnc34)cc21.CC(C)CCCC(C)CCC1(CCC(C)CCCC(C)C)Oc2ccsc2-c2sc(Br)cc21.CC1(C)OB(c2ccc(B3OC(C)(C)C(C)(C)O3)c3nsnc23)OC1(C)C. The summed E-state index contributed by atoms with van der Waals surface area (Å²) in [4.78, 5) is 10.7. The van der Waals surface area contributed by atoms with Crippen molar-refractivity contribution in [3.05, 3.63) is 97.3 Å². The number of halogens is 1. The molecule has 10 aromatic rings. The van der Waals surface area contributed by atoms with E-state index in [1.165, 1.54) is 248 Å².